The summed E-state index contributed by atoms with van der Waals surface area (Å²) in [6.07, 6.45) is 0. The van der Waals surface area contributed by atoms with Crippen molar-refractivity contribution in [2.75, 3.05) is 12.4 Å². The number of thioether (sulfide) groups is 1. The van der Waals surface area contributed by atoms with Gasteiger partial charge in [0, 0.05) is 5.75 Å². The van der Waals surface area contributed by atoms with Crippen molar-refractivity contribution in [1.29, 1.82) is 0 Å². The summed E-state index contributed by atoms with van der Waals surface area (Å²) in [5.74, 6) is 1.10. The highest BCUT2D eigenvalue weighted by atomic mass is 32.2. The lowest BCUT2D eigenvalue weighted by Gasteiger charge is -2.08. The smallest absolute Gasteiger partial charge is 0.344 e. The lowest BCUT2D eigenvalue weighted by molar-refractivity contribution is 0.343. The number of nitrogens with zero attached hydrogens (tertiary/aromatic N) is 2. The highest BCUT2D eigenvalue weighted by molar-refractivity contribution is 7.99. The summed E-state index contributed by atoms with van der Waals surface area (Å²) in [6.45, 7) is 0.806. The van der Waals surface area contributed by atoms with E-state index in [1.807, 2.05) is 30.3 Å². The number of aromatic nitrogens is 3. The molecule has 3 aromatic rings. The largest absolute Gasteiger partial charge is 0.493 e. The molecule has 10 heteroatoms. The molecule has 27 heavy (non-hydrogen) atoms. The summed E-state index contributed by atoms with van der Waals surface area (Å²) in [6, 6.07) is 15.5. The molecule has 0 amide bonds. The zero-order valence-electron chi connectivity index (χ0n) is 14.2. The van der Waals surface area contributed by atoms with Crippen molar-refractivity contribution in [1.82, 2.24) is 14.8 Å². The lowest BCUT2D eigenvalue weighted by atomic mass is 10.2. The van der Waals surface area contributed by atoms with Gasteiger partial charge in [-0.3, -0.25) is 4.57 Å². The van der Waals surface area contributed by atoms with Crippen LogP contribution < -0.4 is 15.6 Å². The first-order chi connectivity index (χ1) is 12.9. The number of nitrogens with two attached hydrogens (primary N) is 1. The lowest BCUT2D eigenvalue weighted by Crippen LogP contribution is -2.18. The van der Waals surface area contributed by atoms with E-state index >= 15 is 0 Å². The third-order valence-electron chi connectivity index (χ3n) is 3.64. The van der Waals surface area contributed by atoms with E-state index in [9.17, 15) is 13.2 Å². The van der Waals surface area contributed by atoms with E-state index in [-0.39, 0.29) is 10.6 Å². The van der Waals surface area contributed by atoms with Gasteiger partial charge in [0.2, 0.25) is 10.0 Å². The zero-order valence-corrected chi connectivity index (χ0v) is 15.9. The minimum Gasteiger partial charge on any atom is -0.493 e. The average molecular weight is 406 g/mol. The van der Waals surface area contributed by atoms with Gasteiger partial charge >= 0.3 is 5.69 Å². The van der Waals surface area contributed by atoms with Crippen LogP contribution in [0.4, 0.5) is 0 Å². The number of hydrogen-bond donors (Lipinski definition) is 2. The molecular weight excluding hydrogens is 388 g/mol. The Bertz CT molecular complexity index is 1040. The molecule has 8 nitrogen and oxygen atoms in total. The third-order valence-corrected chi connectivity index (χ3v) is 5.51. The molecule has 0 radical (unpaired) electrons. The summed E-state index contributed by atoms with van der Waals surface area (Å²) < 4.78 is 29.6. The number of rotatable bonds is 8. The first-order valence-corrected chi connectivity index (χ1v) is 10.5. The van der Waals surface area contributed by atoms with Gasteiger partial charge < -0.3 is 4.74 Å². The second kappa shape index (κ2) is 8.42. The molecule has 3 N–H and O–H groups in total. The van der Waals surface area contributed by atoms with Gasteiger partial charge in [-0.25, -0.2) is 23.4 Å². The molecule has 0 aliphatic rings. The van der Waals surface area contributed by atoms with Crippen molar-refractivity contribution in [3.05, 3.63) is 70.6 Å². The van der Waals surface area contributed by atoms with E-state index in [2.05, 4.69) is 10.2 Å². The number of H-pyrrole nitrogens is 1. The van der Waals surface area contributed by atoms with Gasteiger partial charge in [0.1, 0.15) is 5.75 Å². The first kappa shape index (κ1) is 19.2. The SMILES string of the molecule is NS(=O)(=O)c1ccc(OCCSc2n[nH]c(=O)n2Cc2ccccc2)cc1. The maximum Gasteiger partial charge on any atom is 0.344 e. The Morgan fingerprint density at radius 1 is 1.11 bits per heavy atom. The van der Waals surface area contributed by atoms with E-state index in [4.69, 9.17) is 9.88 Å². The summed E-state index contributed by atoms with van der Waals surface area (Å²) in [7, 11) is -3.71. The van der Waals surface area contributed by atoms with E-state index in [0.717, 1.165) is 5.56 Å². The fourth-order valence-electron chi connectivity index (χ4n) is 2.34. The predicted octanol–water partition coefficient (Wildman–Crippen LogP) is 1.44. The van der Waals surface area contributed by atoms with Crippen LogP contribution in [0.5, 0.6) is 5.75 Å². The molecular formula is C17H18N4O4S2. The maximum absolute atomic E-state index is 12.0. The number of nitrogens with one attached hydrogen (secondary N) is 1. The number of benzene rings is 2. The minimum atomic E-state index is -3.71. The van der Waals surface area contributed by atoms with Crippen LogP contribution >= 0.6 is 11.8 Å². The number of aromatic amines is 1. The van der Waals surface area contributed by atoms with Gasteiger partial charge in [-0.05, 0) is 29.8 Å². The quantitative estimate of drug-likeness (QED) is 0.431. The van der Waals surface area contributed by atoms with Crippen LogP contribution in [0.25, 0.3) is 0 Å². The molecule has 2 aromatic carbocycles. The van der Waals surface area contributed by atoms with Crippen molar-refractivity contribution >= 4 is 21.8 Å². The van der Waals surface area contributed by atoms with E-state index in [1.165, 1.54) is 23.9 Å². The summed E-state index contributed by atoms with van der Waals surface area (Å²) in [5, 5.41) is 12.1. The maximum atomic E-state index is 12.0. The van der Waals surface area contributed by atoms with Gasteiger partial charge in [0.05, 0.1) is 18.0 Å². The van der Waals surface area contributed by atoms with Crippen LogP contribution in [0, 0.1) is 0 Å². The van der Waals surface area contributed by atoms with Crippen LogP contribution in [-0.4, -0.2) is 35.5 Å². The summed E-state index contributed by atoms with van der Waals surface area (Å²) >= 11 is 1.39. The first-order valence-electron chi connectivity index (χ1n) is 8.01. The molecule has 0 bridgehead atoms. The number of hydrogen-bond acceptors (Lipinski definition) is 6. The van der Waals surface area contributed by atoms with Crippen molar-refractivity contribution in [3.63, 3.8) is 0 Å². The molecule has 0 aliphatic heterocycles. The Morgan fingerprint density at radius 2 is 1.81 bits per heavy atom. The van der Waals surface area contributed by atoms with E-state index < -0.39 is 10.0 Å². The van der Waals surface area contributed by atoms with Gasteiger partial charge in [-0.2, -0.15) is 0 Å². The van der Waals surface area contributed by atoms with Crippen molar-refractivity contribution in [2.45, 2.75) is 16.6 Å². The van der Waals surface area contributed by atoms with Gasteiger partial charge in [0.15, 0.2) is 5.16 Å². The number of sulfonamides is 1. The Morgan fingerprint density at radius 3 is 2.48 bits per heavy atom. The van der Waals surface area contributed by atoms with Crippen LogP contribution in [0.2, 0.25) is 0 Å². The Hall–Kier alpha value is -2.56. The monoisotopic (exact) mass is 406 g/mol. The van der Waals surface area contributed by atoms with Crippen molar-refractivity contribution in [3.8, 4) is 5.75 Å². The molecule has 1 heterocycles. The second-order valence-electron chi connectivity index (χ2n) is 5.60. The Balaban J connectivity index is 1.55. The van der Waals surface area contributed by atoms with E-state index in [0.29, 0.717) is 29.8 Å². The molecule has 142 valence electrons. The molecule has 3 rings (SSSR count). The summed E-state index contributed by atoms with van der Waals surface area (Å²) in [5.41, 5.74) is 0.745. The number of primary sulfonamides is 1. The van der Waals surface area contributed by atoms with Crippen LogP contribution in [0.15, 0.2) is 69.4 Å². The zero-order chi connectivity index (χ0) is 19.3. The van der Waals surface area contributed by atoms with Crippen LogP contribution in [0.3, 0.4) is 0 Å². The normalized spacial score (nSPS) is 11.4. The number of ether oxygens (including phenoxy) is 1. The second-order valence-corrected chi connectivity index (χ2v) is 8.22. The highest BCUT2D eigenvalue weighted by Crippen LogP contribution is 2.17. The molecule has 0 unspecified atom stereocenters. The molecule has 0 aliphatic carbocycles. The Labute approximate surface area is 160 Å². The topological polar surface area (TPSA) is 120 Å². The molecule has 0 saturated heterocycles. The molecule has 0 fully saturated rings. The standard InChI is InChI=1S/C17H18N4O4S2/c18-27(23,24)15-8-6-14(7-9-15)25-10-11-26-17-20-19-16(22)21(17)12-13-4-2-1-3-5-13/h1-9H,10-12H2,(H,19,22)(H2,18,23,24). The fraction of sp³-hybridized carbons (Fsp3) is 0.176. The predicted molar refractivity (Wildman–Crippen MR) is 102 cm³/mol. The third kappa shape index (κ3) is 5.22. The van der Waals surface area contributed by atoms with Gasteiger partial charge in [0.25, 0.3) is 0 Å². The van der Waals surface area contributed by atoms with Crippen molar-refractivity contribution in [2.24, 2.45) is 5.14 Å². The van der Waals surface area contributed by atoms with Gasteiger partial charge in [-0.15, -0.1) is 5.10 Å². The van der Waals surface area contributed by atoms with Crippen molar-refractivity contribution < 1.29 is 13.2 Å². The molecule has 0 atom stereocenters. The Kier molecular flexibility index (Phi) is 5.99. The highest BCUT2D eigenvalue weighted by Gasteiger charge is 2.10. The van der Waals surface area contributed by atoms with E-state index in [1.54, 1.807) is 16.7 Å². The van der Waals surface area contributed by atoms with Gasteiger partial charge in [-0.1, -0.05) is 42.1 Å². The minimum absolute atomic E-state index is 0.0330. The summed E-state index contributed by atoms with van der Waals surface area (Å²) in [4.78, 5) is 12.0. The van der Waals surface area contributed by atoms with Crippen LogP contribution in [0.1, 0.15) is 5.56 Å². The fourth-order valence-corrected chi connectivity index (χ4v) is 3.62. The molecule has 1 aromatic heterocycles. The average Bonchev–Trinajstić information content (AvgIpc) is 2.99. The van der Waals surface area contributed by atoms with Crippen LogP contribution in [-0.2, 0) is 16.6 Å². The molecule has 0 saturated carbocycles. The molecule has 0 spiro atoms.